The monoisotopic (exact) mass is 348 g/mol. The molecule has 0 radical (unpaired) electrons. The van der Waals surface area contributed by atoms with Crippen LogP contribution in [0.4, 0.5) is 5.82 Å². The van der Waals surface area contributed by atoms with Gasteiger partial charge in [-0.1, -0.05) is 26.3 Å². The summed E-state index contributed by atoms with van der Waals surface area (Å²) >= 11 is 0. The van der Waals surface area contributed by atoms with Crippen molar-refractivity contribution >= 4 is 17.7 Å². The number of aromatic nitrogens is 1. The molecule has 0 saturated carbocycles. The van der Waals surface area contributed by atoms with Crippen molar-refractivity contribution in [1.82, 2.24) is 15.2 Å². The van der Waals surface area contributed by atoms with Gasteiger partial charge in [-0.15, -0.1) is 0 Å². The fourth-order valence-electron chi connectivity index (χ4n) is 2.89. The highest BCUT2D eigenvalue weighted by atomic mass is 16.5. The molecule has 0 aliphatic carbocycles. The minimum absolute atomic E-state index is 0.0393. The zero-order chi connectivity index (χ0) is 18.2. The van der Waals surface area contributed by atoms with Crippen LogP contribution in [0.5, 0.6) is 0 Å². The first-order valence-corrected chi connectivity index (χ1v) is 8.80. The van der Waals surface area contributed by atoms with Crippen LogP contribution in [0, 0.1) is 5.92 Å². The number of methoxy groups -OCH3 is 1. The first kappa shape index (κ1) is 19.2. The number of esters is 1. The largest absolute Gasteiger partial charge is 0.467 e. The van der Waals surface area contributed by atoms with Crippen LogP contribution >= 0.6 is 0 Å². The Kier molecular flexibility index (Phi) is 7.18. The Hall–Kier alpha value is -2.15. The molecular formula is C18H28N4O3. The normalized spacial score (nSPS) is 17.6. The van der Waals surface area contributed by atoms with Crippen molar-refractivity contribution in [2.45, 2.75) is 26.3 Å². The van der Waals surface area contributed by atoms with E-state index in [4.69, 9.17) is 4.74 Å². The number of nitrogens with zero attached hydrogens (tertiary/aromatic N) is 3. The van der Waals surface area contributed by atoms with Crippen LogP contribution in [0.25, 0.3) is 0 Å². The number of amides is 1. The van der Waals surface area contributed by atoms with E-state index in [-0.39, 0.29) is 17.8 Å². The molecule has 1 aromatic heterocycles. The van der Waals surface area contributed by atoms with Gasteiger partial charge in [0.2, 0.25) is 5.91 Å². The van der Waals surface area contributed by atoms with Gasteiger partial charge in [0, 0.05) is 32.4 Å². The molecule has 7 heteroatoms. The summed E-state index contributed by atoms with van der Waals surface area (Å²) in [5.41, 5.74) is 0. The molecule has 1 aliphatic heterocycles. The molecule has 0 unspecified atom stereocenters. The molecule has 1 N–H and O–H groups in total. The van der Waals surface area contributed by atoms with E-state index in [2.05, 4.69) is 20.1 Å². The van der Waals surface area contributed by atoms with E-state index in [9.17, 15) is 9.59 Å². The molecule has 0 bridgehead atoms. The minimum atomic E-state index is -0.586. The van der Waals surface area contributed by atoms with Gasteiger partial charge in [-0.25, -0.2) is 9.78 Å². The summed E-state index contributed by atoms with van der Waals surface area (Å²) in [6, 6.07) is 5.29. The van der Waals surface area contributed by atoms with Crippen LogP contribution in [0.15, 0.2) is 24.4 Å². The second-order valence-electron chi connectivity index (χ2n) is 6.41. The van der Waals surface area contributed by atoms with Gasteiger partial charge in [0.1, 0.15) is 11.9 Å². The lowest BCUT2D eigenvalue weighted by atomic mass is 9.99. The zero-order valence-corrected chi connectivity index (χ0v) is 15.3. The number of anilines is 1. The lowest BCUT2D eigenvalue weighted by Gasteiger charge is -2.35. The van der Waals surface area contributed by atoms with E-state index in [0.29, 0.717) is 6.54 Å². The summed E-state index contributed by atoms with van der Waals surface area (Å²) in [7, 11) is 1.35. The number of nitrogens with one attached hydrogen (secondary N) is 1. The van der Waals surface area contributed by atoms with E-state index in [1.165, 1.54) is 7.11 Å². The summed E-state index contributed by atoms with van der Waals surface area (Å²) < 4.78 is 4.81. The van der Waals surface area contributed by atoms with Gasteiger partial charge in [0.15, 0.2) is 0 Å². The Labute approximate surface area is 149 Å². The van der Waals surface area contributed by atoms with Crippen molar-refractivity contribution < 1.29 is 14.3 Å². The Balaban J connectivity index is 1.82. The Morgan fingerprint density at radius 1 is 1.28 bits per heavy atom. The lowest BCUT2D eigenvalue weighted by molar-refractivity contribution is -0.146. The molecule has 25 heavy (non-hydrogen) atoms. The topological polar surface area (TPSA) is 74.8 Å². The molecule has 7 nitrogen and oxygen atoms in total. The van der Waals surface area contributed by atoms with Gasteiger partial charge in [-0.2, -0.15) is 0 Å². The number of hydrogen-bond acceptors (Lipinski definition) is 6. The van der Waals surface area contributed by atoms with Crippen LogP contribution in [0.3, 0.4) is 0 Å². The summed E-state index contributed by atoms with van der Waals surface area (Å²) in [5.74, 6) is 0.483. The molecule has 1 amide bonds. The third-order valence-corrected chi connectivity index (χ3v) is 4.70. The molecule has 1 saturated heterocycles. The summed E-state index contributed by atoms with van der Waals surface area (Å²) in [6.45, 7) is 7.45. The average molecular weight is 348 g/mol. The predicted octanol–water partition coefficient (Wildman–Crippen LogP) is 0.908. The Morgan fingerprint density at radius 2 is 2.00 bits per heavy atom. The van der Waals surface area contributed by atoms with Crippen molar-refractivity contribution in [3.05, 3.63) is 24.4 Å². The van der Waals surface area contributed by atoms with Gasteiger partial charge in [0.05, 0.1) is 13.7 Å². The molecule has 138 valence electrons. The number of hydrogen-bond donors (Lipinski definition) is 1. The van der Waals surface area contributed by atoms with Gasteiger partial charge in [0.25, 0.3) is 0 Å². The fraction of sp³-hybridized carbons (Fsp3) is 0.611. The number of pyridine rings is 1. The van der Waals surface area contributed by atoms with Crippen molar-refractivity contribution in [2.75, 3.05) is 44.7 Å². The van der Waals surface area contributed by atoms with Crippen LogP contribution < -0.4 is 10.2 Å². The molecule has 1 aromatic rings. The molecule has 1 fully saturated rings. The highest BCUT2D eigenvalue weighted by Crippen LogP contribution is 2.13. The average Bonchev–Trinajstić information content (AvgIpc) is 2.66. The van der Waals surface area contributed by atoms with Gasteiger partial charge >= 0.3 is 5.97 Å². The molecule has 2 rings (SSSR count). The number of carbonyl (C=O) groups excluding carboxylic acids is 2. The number of carbonyl (C=O) groups is 2. The predicted molar refractivity (Wildman–Crippen MR) is 96.3 cm³/mol. The van der Waals surface area contributed by atoms with Crippen LogP contribution in [0.1, 0.15) is 20.3 Å². The standard InChI is InChI=1S/C18H28N4O3/c1-4-14(2)17(18(24)25-3)20-16(23)13-21-9-11-22(12-10-21)15-7-5-6-8-19-15/h5-8,14,17H,4,9-13H2,1-3H3,(H,20,23)/t14-,17+/m1/s1. The van der Waals surface area contributed by atoms with E-state index >= 15 is 0 Å². The SMILES string of the molecule is CC[C@@H](C)[C@H](NC(=O)CN1CCN(c2ccccn2)CC1)C(=O)OC. The fourth-order valence-corrected chi connectivity index (χ4v) is 2.89. The maximum absolute atomic E-state index is 12.3. The summed E-state index contributed by atoms with van der Waals surface area (Å²) in [5, 5.41) is 2.83. The minimum Gasteiger partial charge on any atom is -0.467 e. The molecule has 0 spiro atoms. The number of rotatable bonds is 7. The third-order valence-electron chi connectivity index (χ3n) is 4.70. The first-order chi connectivity index (χ1) is 12.0. The van der Waals surface area contributed by atoms with Crippen molar-refractivity contribution in [3.63, 3.8) is 0 Å². The van der Waals surface area contributed by atoms with Gasteiger partial charge in [-0.05, 0) is 18.1 Å². The van der Waals surface area contributed by atoms with Crippen LogP contribution in [-0.2, 0) is 14.3 Å². The molecule has 0 aromatic carbocycles. The van der Waals surface area contributed by atoms with Crippen LogP contribution in [-0.4, -0.2) is 67.6 Å². The molecule has 2 atom stereocenters. The van der Waals surface area contributed by atoms with E-state index in [0.717, 1.165) is 38.4 Å². The Bertz CT molecular complexity index is 559. The van der Waals surface area contributed by atoms with Crippen LogP contribution in [0.2, 0.25) is 0 Å². The van der Waals surface area contributed by atoms with E-state index in [1.54, 1.807) is 6.20 Å². The van der Waals surface area contributed by atoms with Crippen molar-refractivity contribution in [2.24, 2.45) is 5.92 Å². The van der Waals surface area contributed by atoms with Gasteiger partial charge < -0.3 is 15.0 Å². The molecular weight excluding hydrogens is 320 g/mol. The van der Waals surface area contributed by atoms with Crippen molar-refractivity contribution in [1.29, 1.82) is 0 Å². The Morgan fingerprint density at radius 3 is 2.56 bits per heavy atom. The van der Waals surface area contributed by atoms with E-state index < -0.39 is 6.04 Å². The number of ether oxygens (including phenoxy) is 1. The quantitative estimate of drug-likeness (QED) is 0.738. The number of piperazine rings is 1. The van der Waals surface area contributed by atoms with Crippen molar-refractivity contribution in [3.8, 4) is 0 Å². The lowest BCUT2D eigenvalue weighted by Crippen LogP contribution is -2.52. The summed E-state index contributed by atoms with van der Waals surface area (Å²) in [4.78, 5) is 32.9. The highest BCUT2D eigenvalue weighted by Gasteiger charge is 2.28. The maximum atomic E-state index is 12.3. The van der Waals surface area contributed by atoms with Gasteiger partial charge in [-0.3, -0.25) is 9.69 Å². The third kappa shape index (κ3) is 5.42. The molecule has 2 heterocycles. The second-order valence-corrected chi connectivity index (χ2v) is 6.41. The summed E-state index contributed by atoms with van der Waals surface area (Å²) in [6.07, 6.45) is 2.58. The second kappa shape index (κ2) is 9.36. The zero-order valence-electron chi connectivity index (χ0n) is 15.3. The van der Waals surface area contributed by atoms with E-state index in [1.807, 2.05) is 32.0 Å². The highest BCUT2D eigenvalue weighted by molar-refractivity contribution is 5.85. The molecule has 1 aliphatic rings. The smallest absolute Gasteiger partial charge is 0.328 e. The first-order valence-electron chi connectivity index (χ1n) is 8.80. The maximum Gasteiger partial charge on any atom is 0.328 e.